The van der Waals surface area contributed by atoms with Crippen LogP contribution in [0.1, 0.15) is 31.7 Å². The van der Waals surface area contributed by atoms with Gasteiger partial charge >= 0.3 is 0 Å². The molecule has 0 bridgehead atoms. The van der Waals surface area contributed by atoms with E-state index in [0.29, 0.717) is 12.1 Å². The number of hydrogen-bond acceptors (Lipinski definition) is 3. The molecule has 0 aliphatic carbocycles. The minimum absolute atomic E-state index is 0.533. The molecule has 1 fully saturated rings. The summed E-state index contributed by atoms with van der Waals surface area (Å²) >= 11 is 0. The molecule has 0 spiro atoms. The molecule has 1 heterocycles. The molecule has 0 amide bonds. The summed E-state index contributed by atoms with van der Waals surface area (Å²) < 4.78 is 5.82. The van der Waals surface area contributed by atoms with Gasteiger partial charge in [0.05, 0.1) is 0 Å². The van der Waals surface area contributed by atoms with Crippen molar-refractivity contribution in [2.24, 2.45) is 5.73 Å². The normalized spacial score (nSPS) is 24.4. The zero-order valence-electron chi connectivity index (χ0n) is 12.1. The van der Waals surface area contributed by atoms with Gasteiger partial charge in [0.15, 0.2) is 0 Å². The Morgan fingerprint density at radius 3 is 2.68 bits per heavy atom. The summed E-state index contributed by atoms with van der Waals surface area (Å²) in [6.07, 6.45) is 3.81. The molecule has 1 aliphatic heterocycles. The van der Waals surface area contributed by atoms with Crippen molar-refractivity contribution < 1.29 is 4.74 Å². The Morgan fingerprint density at radius 1 is 1.26 bits per heavy atom. The minimum Gasteiger partial charge on any atom is -0.492 e. The van der Waals surface area contributed by atoms with Gasteiger partial charge in [-0.3, -0.25) is 4.90 Å². The van der Waals surface area contributed by atoms with Crippen molar-refractivity contribution in [2.75, 3.05) is 19.7 Å². The van der Waals surface area contributed by atoms with Crippen LogP contribution in [0.5, 0.6) is 5.75 Å². The average Bonchev–Trinajstić information content (AvgIpc) is 2.42. The van der Waals surface area contributed by atoms with Crippen LogP contribution in [0.4, 0.5) is 0 Å². The summed E-state index contributed by atoms with van der Waals surface area (Å²) in [5.74, 6) is 0.958. The highest BCUT2D eigenvalue weighted by Gasteiger charge is 2.26. The monoisotopic (exact) mass is 262 g/mol. The molecule has 0 radical (unpaired) electrons. The van der Waals surface area contributed by atoms with E-state index in [1.54, 1.807) is 0 Å². The van der Waals surface area contributed by atoms with Gasteiger partial charge in [0.2, 0.25) is 0 Å². The molecule has 2 unspecified atom stereocenters. The van der Waals surface area contributed by atoms with E-state index >= 15 is 0 Å². The van der Waals surface area contributed by atoms with E-state index in [4.69, 9.17) is 10.5 Å². The molecule has 1 aromatic rings. The third-order valence-corrected chi connectivity index (χ3v) is 4.11. The Hall–Kier alpha value is -1.06. The Balaban J connectivity index is 1.81. The van der Waals surface area contributed by atoms with Gasteiger partial charge in [-0.05, 0) is 38.8 Å². The van der Waals surface area contributed by atoms with Gasteiger partial charge in [0, 0.05) is 25.2 Å². The van der Waals surface area contributed by atoms with Gasteiger partial charge in [-0.25, -0.2) is 0 Å². The van der Waals surface area contributed by atoms with E-state index in [0.717, 1.165) is 25.4 Å². The number of piperidine rings is 1. The number of likely N-dealkylation sites (tertiary alicyclic amines) is 1. The third kappa shape index (κ3) is 3.95. The highest BCUT2D eigenvalue weighted by atomic mass is 16.5. The fraction of sp³-hybridized carbons (Fsp3) is 0.625. The van der Waals surface area contributed by atoms with Crippen molar-refractivity contribution in [3.05, 3.63) is 29.8 Å². The van der Waals surface area contributed by atoms with Crippen LogP contribution in [0.15, 0.2) is 24.3 Å². The summed E-state index contributed by atoms with van der Waals surface area (Å²) in [5, 5.41) is 0. The third-order valence-electron chi connectivity index (χ3n) is 4.11. The van der Waals surface area contributed by atoms with Crippen molar-refractivity contribution in [1.82, 2.24) is 4.90 Å². The summed E-state index contributed by atoms with van der Waals surface area (Å²) in [5.41, 5.74) is 7.14. The van der Waals surface area contributed by atoms with Crippen molar-refractivity contribution in [3.8, 4) is 5.75 Å². The Bertz CT molecular complexity index is 377. The lowest BCUT2D eigenvalue weighted by molar-refractivity contribution is 0.0799. The highest BCUT2D eigenvalue weighted by Crippen LogP contribution is 2.22. The van der Waals surface area contributed by atoms with Gasteiger partial charge < -0.3 is 10.5 Å². The number of rotatable bonds is 5. The molecular weight excluding hydrogens is 236 g/mol. The van der Waals surface area contributed by atoms with Crippen molar-refractivity contribution in [1.29, 1.82) is 0 Å². The van der Waals surface area contributed by atoms with E-state index in [-0.39, 0.29) is 0 Å². The molecule has 2 N–H and O–H groups in total. The summed E-state index contributed by atoms with van der Waals surface area (Å²) in [6.45, 7) is 6.86. The molecule has 2 rings (SSSR count). The molecule has 1 aromatic carbocycles. The smallest absolute Gasteiger partial charge is 0.119 e. The minimum atomic E-state index is 0.533. The number of nitrogens with zero attached hydrogens (tertiary/aromatic N) is 1. The lowest BCUT2D eigenvalue weighted by atomic mass is 9.96. The molecule has 19 heavy (non-hydrogen) atoms. The largest absolute Gasteiger partial charge is 0.492 e. The number of aryl methyl sites for hydroxylation is 1. The fourth-order valence-corrected chi connectivity index (χ4v) is 2.90. The van der Waals surface area contributed by atoms with Crippen molar-refractivity contribution in [2.45, 2.75) is 45.2 Å². The fourth-order valence-electron chi connectivity index (χ4n) is 2.90. The van der Waals surface area contributed by atoms with Crippen LogP contribution in [0.2, 0.25) is 0 Å². The molecule has 1 saturated heterocycles. The van der Waals surface area contributed by atoms with Crippen LogP contribution in [0.25, 0.3) is 0 Å². The second-order valence-corrected chi connectivity index (χ2v) is 5.57. The summed E-state index contributed by atoms with van der Waals surface area (Å²) in [7, 11) is 0. The molecule has 3 nitrogen and oxygen atoms in total. The second-order valence-electron chi connectivity index (χ2n) is 5.57. The van der Waals surface area contributed by atoms with Crippen LogP contribution in [0, 0.1) is 6.92 Å². The zero-order chi connectivity index (χ0) is 13.7. The second kappa shape index (κ2) is 6.92. The number of benzene rings is 1. The topological polar surface area (TPSA) is 38.5 Å². The molecule has 2 atom stereocenters. The van der Waals surface area contributed by atoms with Crippen LogP contribution < -0.4 is 10.5 Å². The van der Waals surface area contributed by atoms with Crippen LogP contribution >= 0.6 is 0 Å². The maximum absolute atomic E-state index is 5.87. The van der Waals surface area contributed by atoms with Crippen LogP contribution in [0.3, 0.4) is 0 Å². The number of nitrogens with two attached hydrogens (primary N) is 1. The quantitative estimate of drug-likeness (QED) is 0.886. The maximum atomic E-state index is 5.87. The average molecular weight is 262 g/mol. The molecule has 3 heteroatoms. The van der Waals surface area contributed by atoms with E-state index in [1.807, 2.05) is 12.1 Å². The lowest BCUT2D eigenvalue weighted by Crippen LogP contribution is -2.50. The van der Waals surface area contributed by atoms with E-state index in [2.05, 4.69) is 30.9 Å². The molecule has 106 valence electrons. The number of hydrogen-bond donors (Lipinski definition) is 1. The Labute approximate surface area is 116 Å². The standard InChI is InChI=1S/C16H26N2O/c1-13-6-8-16(9-7-13)19-11-10-18-14(2)4-3-5-15(18)12-17/h6-9,14-15H,3-5,10-12,17H2,1-2H3. The van der Waals surface area contributed by atoms with Gasteiger partial charge in [-0.2, -0.15) is 0 Å². The predicted octanol–water partition coefficient (Wildman–Crippen LogP) is 2.58. The van der Waals surface area contributed by atoms with E-state index < -0.39 is 0 Å². The SMILES string of the molecule is Cc1ccc(OCCN2C(C)CCCC2CN)cc1. The van der Waals surface area contributed by atoms with Gasteiger partial charge in [0.25, 0.3) is 0 Å². The van der Waals surface area contributed by atoms with Crippen molar-refractivity contribution >= 4 is 0 Å². The first-order chi connectivity index (χ1) is 9.20. The van der Waals surface area contributed by atoms with Crippen LogP contribution in [-0.4, -0.2) is 36.7 Å². The van der Waals surface area contributed by atoms with Crippen LogP contribution in [-0.2, 0) is 0 Å². The Morgan fingerprint density at radius 2 is 2.00 bits per heavy atom. The first kappa shape index (κ1) is 14.4. The molecule has 1 aliphatic rings. The van der Waals surface area contributed by atoms with E-state index in [1.165, 1.54) is 24.8 Å². The predicted molar refractivity (Wildman–Crippen MR) is 79.5 cm³/mol. The highest BCUT2D eigenvalue weighted by molar-refractivity contribution is 5.26. The Kier molecular flexibility index (Phi) is 5.23. The first-order valence-corrected chi connectivity index (χ1v) is 7.36. The zero-order valence-corrected chi connectivity index (χ0v) is 12.1. The summed E-state index contributed by atoms with van der Waals surface area (Å²) in [6, 6.07) is 9.41. The maximum Gasteiger partial charge on any atom is 0.119 e. The van der Waals surface area contributed by atoms with Gasteiger partial charge in [-0.15, -0.1) is 0 Å². The summed E-state index contributed by atoms with van der Waals surface area (Å²) in [4.78, 5) is 2.51. The number of ether oxygens (including phenoxy) is 1. The molecular formula is C16H26N2O. The molecule has 0 aromatic heterocycles. The van der Waals surface area contributed by atoms with Gasteiger partial charge in [0.1, 0.15) is 12.4 Å². The molecule has 0 saturated carbocycles. The lowest BCUT2D eigenvalue weighted by Gasteiger charge is -2.40. The van der Waals surface area contributed by atoms with E-state index in [9.17, 15) is 0 Å². The van der Waals surface area contributed by atoms with Crippen molar-refractivity contribution in [3.63, 3.8) is 0 Å². The van der Waals surface area contributed by atoms with Gasteiger partial charge in [-0.1, -0.05) is 24.1 Å². The first-order valence-electron chi connectivity index (χ1n) is 7.36.